The molecule has 0 spiro atoms. The number of hydrogen-bond acceptors (Lipinski definition) is 3. The molecule has 0 aliphatic heterocycles. The predicted octanol–water partition coefficient (Wildman–Crippen LogP) is 2.29. The minimum Gasteiger partial charge on any atom is -0.331 e. The SMILES string of the molecule is Cn1c(CNC(=O)Nc2cccnc2)nc2ccccc21. The molecule has 6 nitrogen and oxygen atoms in total. The van der Waals surface area contributed by atoms with E-state index >= 15 is 0 Å². The highest BCUT2D eigenvalue weighted by molar-refractivity contribution is 5.88. The van der Waals surface area contributed by atoms with E-state index in [1.807, 2.05) is 35.9 Å². The van der Waals surface area contributed by atoms with Crippen LogP contribution >= 0.6 is 0 Å². The average molecular weight is 281 g/mol. The van der Waals surface area contributed by atoms with Gasteiger partial charge in [-0.05, 0) is 24.3 Å². The molecule has 2 aromatic heterocycles. The molecular formula is C15H15N5O. The summed E-state index contributed by atoms with van der Waals surface area (Å²) in [5, 5.41) is 5.50. The lowest BCUT2D eigenvalue weighted by Gasteiger charge is -2.07. The first-order chi connectivity index (χ1) is 10.2. The zero-order chi connectivity index (χ0) is 14.7. The fourth-order valence-corrected chi connectivity index (χ4v) is 2.12. The molecule has 0 aliphatic rings. The number of fused-ring (bicyclic) bond motifs is 1. The number of amides is 2. The monoisotopic (exact) mass is 281 g/mol. The van der Waals surface area contributed by atoms with Gasteiger partial charge in [0.1, 0.15) is 5.82 Å². The van der Waals surface area contributed by atoms with Crippen molar-refractivity contribution in [2.45, 2.75) is 6.54 Å². The third-order valence-corrected chi connectivity index (χ3v) is 3.21. The van der Waals surface area contributed by atoms with Crippen LogP contribution in [0.25, 0.3) is 11.0 Å². The van der Waals surface area contributed by atoms with Crippen LogP contribution in [0.3, 0.4) is 0 Å². The number of carbonyl (C=O) groups is 1. The molecule has 0 fully saturated rings. The van der Waals surface area contributed by atoms with Crippen molar-refractivity contribution in [1.29, 1.82) is 0 Å². The number of nitrogens with one attached hydrogen (secondary N) is 2. The van der Waals surface area contributed by atoms with Crippen LogP contribution in [0.5, 0.6) is 0 Å². The Morgan fingerprint density at radius 1 is 1.24 bits per heavy atom. The Labute approximate surface area is 121 Å². The number of urea groups is 1. The normalized spacial score (nSPS) is 10.5. The average Bonchev–Trinajstić information content (AvgIpc) is 2.83. The number of para-hydroxylation sites is 2. The number of pyridine rings is 1. The van der Waals surface area contributed by atoms with E-state index in [1.54, 1.807) is 24.5 Å². The Hall–Kier alpha value is -2.89. The summed E-state index contributed by atoms with van der Waals surface area (Å²) in [5.74, 6) is 0.803. The molecule has 0 saturated heterocycles. The first-order valence-electron chi connectivity index (χ1n) is 6.59. The zero-order valence-electron chi connectivity index (χ0n) is 11.6. The number of rotatable bonds is 3. The molecule has 6 heteroatoms. The van der Waals surface area contributed by atoms with Gasteiger partial charge in [0, 0.05) is 13.2 Å². The van der Waals surface area contributed by atoms with E-state index in [9.17, 15) is 4.79 Å². The number of nitrogens with zero attached hydrogens (tertiary/aromatic N) is 3. The van der Waals surface area contributed by atoms with E-state index in [4.69, 9.17) is 0 Å². The van der Waals surface area contributed by atoms with Crippen LogP contribution in [0, 0.1) is 0 Å². The largest absolute Gasteiger partial charge is 0.331 e. The van der Waals surface area contributed by atoms with E-state index in [-0.39, 0.29) is 6.03 Å². The number of anilines is 1. The molecule has 3 aromatic rings. The molecule has 0 unspecified atom stereocenters. The molecule has 0 radical (unpaired) electrons. The lowest BCUT2D eigenvalue weighted by molar-refractivity contribution is 0.251. The van der Waals surface area contributed by atoms with Crippen molar-refractivity contribution in [2.75, 3.05) is 5.32 Å². The van der Waals surface area contributed by atoms with E-state index < -0.39 is 0 Å². The van der Waals surface area contributed by atoms with Gasteiger partial charge >= 0.3 is 6.03 Å². The van der Waals surface area contributed by atoms with Gasteiger partial charge < -0.3 is 15.2 Å². The standard InChI is InChI=1S/C15H15N5O/c1-20-13-7-3-2-6-12(13)19-14(20)10-17-15(21)18-11-5-4-8-16-9-11/h2-9H,10H2,1H3,(H2,17,18,21). The number of aryl methyl sites for hydroxylation is 1. The van der Waals surface area contributed by atoms with Gasteiger partial charge in [-0.25, -0.2) is 9.78 Å². The van der Waals surface area contributed by atoms with E-state index in [1.165, 1.54) is 0 Å². The van der Waals surface area contributed by atoms with Gasteiger partial charge in [-0.15, -0.1) is 0 Å². The summed E-state index contributed by atoms with van der Waals surface area (Å²) in [6, 6.07) is 11.1. The molecule has 2 heterocycles. The van der Waals surface area contributed by atoms with Crippen LogP contribution in [0.2, 0.25) is 0 Å². The van der Waals surface area contributed by atoms with Gasteiger partial charge in [-0.1, -0.05) is 12.1 Å². The molecular weight excluding hydrogens is 266 g/mol. The Bertz CT molecular complexity index is 766. The maximum Gasteiger partial charge on any atom is 0.319 e. The molecule has 2 N–H and O–H groups in total. The number of aromatic nitrogens is 3. The second kappa shape index (κ2) is 5.62. The zero-order valence-corrected chi connectivity index (χ0v) is 11.6. The minimum absolute atomic E-state index is 0.282. The fourth-order valence-electron chi connectivity index (χ4n) is 2.12. The van der Waals surface area contributed by atoms with Crippen LogP contribution in [-0.2, 0) is 13.6 Å². The highest BCUT2D eigenvalue weighted by Gasteiger charge is 2.08. The Morgan fingerprint density at radius 2 is 2.10 bits per heavy atom. The van der Waals surface area contributed by atoms with Crippen molar-refractivity contribution in [3.8, 4) is 0 Å². The van der Waals surface area contributed by atoms with Crippen molar-refractivity contribution in [3.05, 3.63) is 54.6 Å². The number of carbonyl (C=O) groups excluding carboxylic acids is 1. The molecule has 0 aliphatic carbocycles. The molecule has 0 bridgehead atoms. The van der Waals surface area contributed by atoms with Gasteiger partial charge in [0.2, 0.25) is 0 Å². The van der Waals surface area contributed by atoms with E-state index in [0.717, 1.165) is 16.9 Å². The fraction of sp³-hybridized carbons (Fsp3) is 0.133. The molecule has 0 saturated carbocycles. The summed E-state index contributed by atoms with van der Waals surface area (Å²) in [5.41, 5.74) is 2.62. The molecule has 21 heavy (non-hydrogen) atoms. The first kappa shape index (κ1) is 13.1. The Morgan fingerprint density at radius 3 is 2.86 bits per heavy atom. The first-order valence-corrected chi connectivity index (χ1v) is 6.59. The lowest BCUT2D eigenvalue weighted by atomic mass is 10.3. The van der Waals surface area contributed by atoms with Gasteiger partial charge in [-0.3, -0.25) is 4.98 Å². The Kier molecular flexibility index (Phi) is 3.51. The van der Waals surface area contributed by atoms with Gasteiger partial charge in [0.15, 0.2) is 0 Å². The number of imidazole rings is 1. The molecule has 2 amide bonds. The second-order valence-corrected chi connectivity index (χ2v) is 4.63. The van der Waals surface area contributed by atoms with Gasteiger partial charge in [0.05, 0.1) is 29.5 Å². The summed E-state index contributed by atoms with van der Waals surface area (Å²) in [4.78, 5) is 20.3. The van der Waals surface area contributed by atoms with Crippen molar-refractivity contribution in [3.63, 3.8) is 0 Å². The molecule has 3 rings (SSSR count). The van der Waals surface area contributed by atoms with Crippen molar-refractivity contribution in [1.82, 2.24) is 19.9 Å². The second-order valence-electron chi connectivity index (χ2n) is 4.63. The molecule has 1 aromatic carbocycles. The number of benzene rings is 1. The lowest BCUT2D eigenvalue weighted by Crippen LogP contribution is -2.29. The van der Waals surface area contributed by atoms with Gasteiger partial charge in [-0.2, -0.15) is 0 Å². The van der Waals surface area contributed by atoms with Crippen LogP contribution in [0.4, 0.5) is 10.5 Å². The van der Waals surface area contributed by atoms with Crippen LogP contribution in [0.1, 0.15) is 5.82 Å². The maximum atomic E-state index is 11.8. The highest BCUT2D eigenvalue weighted by Crippen LogP contribution is 2.13. The van der Waals surface area contributed by atoms with Crippen LogP contribution in [-0.4, -0.2) is 20.6 Å². The van der Waals surface area contributed by atoms with E-state index in [0.29, 0.717) is 12.2 Å². The summed E-state index contributed by atoms with van der Waals surface area (Å²) >= 11 is 0. The predicted molar refractivity (Wildman–Crippen MR) is 80.8 cm³/mol. The third-order valence-electron chi connectivity index (χ3n) is 3.21. The van der Waals surface area contributed by atoms with Crippen LogP contribution in [0.15, 0.2) is 48.8 Å². The quantitative estimate of drug-likeness (QED) is 0.773. The Balaban J connectivity index is 1.66. The van der Waals surface area contributed by atoms with Crippen molar-refractivity contribution >= 4 is 22.8 Å². The third kappa shape index (κ3) is 2.84. The summed E-state index contributed by atoms with van der Waals surface area (Å²) in [6.07, 6.45) is 3.25. The summed E-state index contributed by atoms with van der Waals surface area (Å²) < 4.78 is 1.97. The molecule has 106 valence electrons. The van der Waals surface area contributed by atoms with Gasteiger partial charge in [0.25, 0.3) is 0 Å². The maximum absolute atomic E-state index is 11.8. The smallest absolute Gasteiger partial charge is 0.319 e. The van der Waals surface area contributed by atoms with Crippen LogP contribution < -0.4 is 10.6 Å². The topological polar surface area (TPSA) is 71.8 Å². The van der Waals surface area contributed by atoms with E-state index in [2.05, 4.69) is 20.6 Å². The number of hydrogen-bond donors (Lipinski definition) is 2. The summed E-state index contributed by atoms with van der Waals surface area (Å²) in [7, 11) is 1.94. The minimum atomic E-state index is -0.282. The highest BCUT2D eigenvalue weighted by atomic mass is 16.2. The summed E-state index contributed by atoms with van der Waals surface area (Å²) in [6.45, 7) is 0.358. The van der Waals surface area contributed by atoms with Crippen molar-refractivity contribution in [2.24, 2.45) is 7.05 Å². The molecule has 0 atom stereocenters. The van der Waals surface area contributed by atoms with Crippen molar-refractivity contribution < 1.29 is 4.79 Å².